The highest BCUT2D eigenvalue weighted by atomic mass is 15.1. The van der Waals surface area contributed by atoms with Crippen molar-refractivity contribution in [2.45, 2.75) is 25.4 Å². The maximum Gasteiger partial charge on any atom is 0.0368 e. The summed E-state index contributed by atoms with van der Waals surface area (Å²) in [5, 5.41) is 3.15. The molecule has 0 bridgehead atoms. The monoisotopic (exact) mass is 100 g/mol. The molecule has 2 heteroatoms. The fourth-order valence-electron chi connectivity index (χ4n) is 0.585. The van der Waals surface area contributed by atoms with E-state index < -0.39 is 0 Å². The van der Waals surface area contributed by atoms with E-state index in [9.17, 15) is 0 Å². The third-order valence-electron chi connectivity index (χ3n) is 1.31. The molecule has 0 aromatic carbocycles. The summed E-state index contributed by atoms with van der Waals surface area (Å²) in [7, 11) is 0. The third kappa shape index (κ3) is 1.14. The lowest BCUT2D eigenvalue weighted by Gasteiger charge is -2.14. The minimum atomic E-state index is 0.000000000000000222. The third-order valence-corrected chi connectivity index (χ3v) is 1.31. The SMILES string of the molecule is CC(C)(N)C1CN1. The molecule has 1 atom stereocenters. The molecule has 1 rings (SSSR count). The Balaban J connectivity index is 2.36. The molecule has 1 heterocycles. The van der Waals surface area contributed by atoms with E-state index >= 15 is 0 Å². The second-order valence-corrected chi connectivity index (χ2v) is 2.78. The van der Waals surface area contributed by atoms with Crippen molar-refractivity contribution in [1.82, 2.24) is 5.32 Å². The van der Waals surface area contributed by atoms with Gasteiger partial charge in [-0.25, -0.2) is 0 Å². The van der Waals surface area contributed by atoms with E-state index in [2.05, 4.69) is 5.32 Å². The van der Waals surface area contributed by atoms with E-state index in [1.54, 1.807) is 0 Å². The molecule has 0 aliphatic carbocycles. The number of hydrogen-bond acceptors (Lipinski definition) is 2. The van der Waals surface area contributed by atoms with Gasteiger partial charge in [-0.15, -0.1) is 0 Å². The predicted octanol–water partition coefficient (Wildman–Crippen LogP) is -0.305. The van der Waals surface area contributed by atoms with Crippen molar-refractivity contribution in [1.29, 1.82) is 0 Å². The van der Waals surface area contributed by atoms with Gasteiger partial charge in [-0.3, -0.25) is 0 Å². The van der Waals surface area contributed by atoms with Crippen molar-refractivity contribution >= 4 is 0 Å². The molecule has 7 heavy (non-hydrogen) atoms. The highest BCUT2D eigenvalue weighted by Crippen LogP contribution is 2.11. The molecule has 1 aliphatic rings. The van der Waals surface area contributed by atoms with Crippen molar-refractivity contribution in [2.24, 2.45) is 5.73 Å². The summed E-state index contributed by atoms with van der Waals surface area (Å²) < 4.78 is 0. The number of hydrogen-bond donors (Lipinski definition) is 2. The molecule has 42 valence electrons. The molecule has 3 N–H and O–H groups in total. The Kier molecular flexibility index (Phi) is 0.869. The van der Waals surface area contributed by atoms with Gasteiger partial charge in [-0.2, -0.15) is 0 Å². The Morgan fingerprint density at radius 3 is 2.14 bits per heavy atom. The smallest absolute Gasteiger partial charge is 0.0368 e. The Hall–Kier alpha value is -0.0800. The molecule has 1 saturated heterocycles. The normalized spacial score (nSPS) is 30.4. The second kappa shape index (κ2) is 1.20. The molecule has 2 nitrogen and oxygen atoms in total. The van der Waals surface area contributed by atoms with Gasteiger partial charge in [0.25, 0.3) is 0 Å². The van der Waals surface area contributed by atoms with Gasteiger partial charge in [-0.1, -0.05) is 0 Å². The van der Waals surface area contributed by atoms with Crippen LogP contribution in [0.4, 0.5) is 0 Å². The van der Waals surface area contributed by atoms with Gasteiger partial charge in [0.05, 0.1) is 0 Å². The fraction of sp³-hybridized carbons (Fsp3) is 1.00. The van der Waals surface area contributed by atoms with Crippen LogP contribution in [0.5, 0.6) is 0 Å². The zero-order valence-corrected chi connectivity index (χ0v) is 4.86. The molecule has 0 aromatic rings. The van der Waals surface area contributed by atoms with Gasteiger partial charge >= 0.3 is 0 Å². The van der Waals surface area contributed by atoms with E-state index in [-0.39, 0.29) is 5.54 Å². The Morgan fingerprint density at radius 2 is 2.14 bits per heavy atom. The first-order chi connectivity index (χ1) is 3.11. The van der Waals surface area contributed by atoms with Gasteiger partial charge in [0.1, 0.15) is 0 Å². The summed E-state index contributed by atoms with van der Waals surface area (Å²) in [6, 6.07) is 0.576. The first-order valence-electron chi connectivity index (χ1n) is 2.63. The van der Waals surface area contributed by atoms with E-state index in [4.69, 9.17) is 5.73 Å². The lowest BCUT2D eigenvalue weighted by atomic mass is 10.0. The number of nitrogens with two attached hydrogens (primary N) is 1. The van der Waals surface area contributed by atoms with Crippen molar-refractivity contribution in [3.63, 3.8) is 0 Å². The summed E-state index contributed by atoms with van der Waals surface area (Å²) in [5.41, 5.74) is 5.68. The molecule has 1 aliphatic heterocycles. The van der Waals surface area contributed by atoms with Crippen molar-refractivity contribution in [3.8, 4) is 0 Å². The van der Waals surface area contributed by atoms with E-state index in [1.165, 1.54) is 0 Å². The van der Waals surface area contributed by atoms with Crippen molar-refractivity contribution in [2.75, 3.05) is 6.54 Å². The number of rotatable bonds is 1. The highest BCUT2D eigenvalue weighted by Gasteiger charge is 2.33. The summed E-state index contributed by atoms with van der Waals surface area (Å²) >= 11 is 0. The van der Waals surface area contributed by atoms with Crippen LogP contribution < -0.4 is 11.1 Å². The molecular formula is C5H12N2. The van der Waals surface area contributed by atoms with Crippen LogP contribution in [0.1, 0.15) is 13.8 Å². The summed E-state index contributed by atoms with van der Waals surface area (Å²) in [4.78, 5) is 0. The summed E-state index contributed by atoms with van der Waals surface area (Å²) in [6.07, 6.45) is 0. The van der Waals surface area contributed by atoms with E-state index in [1.807, 2.05) is 13.8 Å². The lowest BCUT2D eigenvalue weighted by Crippen LogP contribution is -2.39. The first-order valence-corrected chi connectivity index (χ1v) is 2.63. The molecule has 0 saturated carbocycles. The van der Waals surface area contributed by atoms with Crippen LogP contribution in [0.25, 0.3) is 0 Å². The lowest BCUT2D eigenvalue weighted by molar-refractivity contribution is 0.507. The average Bonchev–Trinajstić information content (AvgIpc) is 1.99. The van der Waals surface area contributed by atoms with E-state index in [0.717, 1.165) is 6.54 Å². The quantitative estimate of drug-likeness (QED) is 0.444. The molecule has 1 fully saturated rings. The van der Waals surface area contributed by atoms with Crippen LogP contribution in [-0.2, 0) is 0 Å². The van der Waals surface area contributed by atoms with Crippen LogP contribution in [0.15, 0.2) is 0 Å². The average molecular weight is 100 g/mol. The molecule has 0 spiro atoms. The van der Waals surface area contributed by atoms with Gasteiger partial charge in [0.2, 0.25) is 0 Å². The Bertz CT molecular complexity index is 68.6. The topological polar surface area (TPSA) is 48.0 Å². The van der Waals surface area contributed by atoms with Crippen LogP contribution in [0.2, 0.25) is 0 Å². The molecule has 0 aromatic heterocycles. The van der Waals surface area contributed by atoms with Crippen LogP contribution in [0.3, 0.4) is 0 Å². The van der Waals surface area contributed by atoms with Crippen LogP contribution in [0, 0.1) is 0 Å². The van der Waals surface area contributed by atoms with Crippen molar-refractivity contribution < 1.29 is 0 Å². The molecule has 1 unspecified atom stereocenters. The van der Waals surface area contributed by atoms with E-state index in [0.29, 0.717) is 6.04 Å². The number of nitrogens with one attached hydrogen (secondary N) is 1. The summed E-state index contributed by atoms with van der Waals surface area (Å²) in [6.45, 7) is 5.18. The highest BCUT2D eigenvalue weighted by molar-refractivity contribution is 4.99. The van der Waals surface area contributed by atoms with Crippen LogP contribution in [-0.4, -0.2) is 18.1 Å². The maximum absolute atomic E-state index is 5.68. The maximum atomic E-state index is 5.68. The predicted molar refractivity (Wildman–Crippen MR) is 30.1 cm³/mol. The summed E-state index contributed by atoms with van der Waals surface area (Å²) in [5.74, 6) is 0. The largest absolute Gasteiger partial charge is 0.324 e. The first kappa shape index (κ1) is 5.06. The minimum Gasteiger partial charge on any atom is -0.324 e. The molecule has 0 radical (unpaired) electrons. The zero-order chi connectivity index (χ0) is 5.49. The minimum absolute atomic E-state index is 0.000000000000000222. The standard InChI is InChI=1S/C5H12N2/c1-5(2,6)4-3-7-4/h4,7H,3,6H2,1-2H3. The second-order valence-electron chi connectivity index (χ2n) is 2.78. The molecular weight excluding hydrogens is 88.1 g/mol. The van der Waals surface area contributed by atoms with Gasteiger partial charge < -0.3 is 11.1 Å². The Labute approximate surface area is 44.1 Å². The molecule has 0 amide bonds. The van der Waals surface area contributed by atoms with Gasteiger partial charge in [0, 0.05) is 18.1 Å². The van der Waals surface area contributed by atoms with Crippen LogP contribution >= 0.6 is 0 Å². The van der Waals surface area contributed by atoms with Crippen molar-refractivity contribution in [3.05, 3.63) is 0 Å². The van der Waals surface area contributed by atoms with Gasteiger partial charge in [-0.05, 0) is 13.8 Å². The Morgan fingerprint density at radius 1 is 1.71 bits per heavy atom. The zero-order valence-electron chi connectivity index (χ0n) is 4.86. The van der Waals surface area contributed by atoms with Gasteiger partial charge in [0.15, 0.2) is 0 Å². The fourth-order valence-corrected chi connectivity index (χ4v) is 0.585.